The number of hydrazine groups is 1. The third-order valence-electron chi connectivity index (χ3n) is 2.29. The van der Waals surface area contributed by atoms with Gasteiger partial charge in [0.15, 0.2) is 0 Å². The number of nitrogen functional groups attached to an aromatic ring is 1. The Labute approximate surface area is 108 Å². The van der Waals surface area contributed by atoms with Gasteiger partial charge in [-0.05, 0) is 18.6 Å². The summed E-state index contributed by atoms with van der Waals surface area (Å²) in [5, 5.41) is 10.9. The normalized spacial score (nSPS) is 10.0. The topological polar surface area (TPSA) is 116 Å². The van der Waals surface area contributed by atoms with Crippen molar-refractivity contribution in [2.75, 3.05) is 5.43 Å². The highest BCUT2D eigenvalue weighted by Crippen LogP contribution is 2.31. The molecule has 0 unspecified atom stereocenters. The summed E-state index contributed by atoms with van der Waals surface area (Å²) in [5.74, 6) is 5.62. The Morgan fingerprint density at radius 3 is 2.89 bits per heavy atom. The van der Waals surface area contributed by atoms with Crippen molar-refractivity contribution < 1.29 is 9.66 Å². The largest absolute Gasteiger partial charge is 0.432 e. The molecule has 0 atom stereocenters. The second-order valence-electron chi connectivity index (χ2n) is 3.69. The van der Waals surface area contributed by atoms with E-state index in [0.717, 1.165) is 5.56 Å². The fourth-order valence-electron chi connectivity index (χ4n) is 1.44. The molecular weight excluding hydrogens is 250 g/mol. The zero-order chi connectivity index (χ0) is 13.8. The van der Waals surface area contributed by atoms with Crippen LogP contribution in [0, 0.1) is 17.0 Å². The first-order valence-corrected chi connectivity index (χ1v) is 5.32. The van der Waals surface area contributed by atoms with Gasteiger partial charge < -0.3 is 4.74 Å². The second-order valence-corrected chi connectivity index (χ2v) is 3.69. The van der Waals surface area contributed by atoms with Gasteiger partial charge in [0.2, 0.25) is 17.6 Å². The number of hydrogen-bond acceptors (Lipinski definition) is 7. The van der Waals surface area contributed by atoms with Crippen LogP contribution in [0.15, 0.2) is 30.5 Å². The number of nitro benzene ring substituents is 1. The predicted molar refractivity (Wildman–Crippen MR) is 67.7 cm³/mol. The maximum Gasteiger partial charge on any atom is 0.311 e. The van der Waals surface area contributed by atoms with Crippen molar-refractivity contribution in [1.29, 1.82) is 0 Å². The van der Waals surface area contributed by atoms with Gasteiger partial charge in [0, 0.05) is 18.3 Å². The van der Waals surface area contributed by atoms with Crippen molar-refractivity contribution in [2.24, 2.45) is 5.84 Å². The lowest BCUT2D eigenvalue weighted by Gasteiger charge is -2.07. The second kappa shape index (κ2) is 5.27. The lowest BCUT2D eigenvalue weighted by Crippen LogP contribution is -2.10. The molecule has 8 nitrogen and oxygen atoms in total. The van der Waals surface area contributed by atoms with Crippen LogP contribution >= 0.6 is 0 Å². The smallest absolute Gasteiger partial charge is 0.311 e. The minimum Gasteiger partial charge on any atom is -0.432 e. The van der Waals surface area contributed by atoms with E-state index in [9.17, 15) is 10.1 Å². The molecule has 0 spiro atoms. The Kier molecular flexibility index (Phi) is 3.53. The minimum atomic E-state index is -0.516. The molecule has 1 aromatic carbocycles. The summed E-state index contributed by atoms with van der Waals surface area (Å²) < 4.78 is 5.41. The Bertz CT molecular complexity index is 617. The summed E-state index contributed by atoms with van der Waals surface area (Å²) in [7, 11) is 0. The van der Waals surface area contributed by atoms with Crippen molar-refractivity contribution in [3.8, 4) is 11.6 Å². The van der Waals surface area contributed by atoms with Gasteiger partial charge in [-0.3, -0.25) is 15.5 Å². The average Bonchev–Trinajstić information content (AvgIpc) is 2.38. The Morgan fingerprint density at radius 1 is 1.42 bits per heavy atom. The molecular formula is C11H11N5O3. The molecule has 8 heteroatoms. The number of nitrogens with two attached hydrogens (primary N) is 1. The summed E-state index contributed by atoms with van der Waals surface area (Å²) in [6.45, 7) is 1.81. The van der Waals surface area contributed by atoms with Crippen LogP contribution in [-0.4, -0.2) is 14.9 Å². The van der Waals surface area contributed by atoms with E-state index < -0.39 is 4.92 Å². The monoisotopic (exact) mass is 261 g/mol. The van der Waals surface area contributed by atoms with Gasteiger partial charge in [0.05, 0.1) is 4.92 Å². The van der Waals surface area contributed by atoms with Crippen molar-refractivity contribution in [2.45, 2.75) is 6.92 Å². The third kappa shape index (κ3) is 2.93. The molecule has 0 radical (unpaired) electrons. The third-order valence-corrected chi connectivity index (χ3v) is 2.29. The van der Waals surface area contributed by atoms with Gasteiger partial charge >= 0.3 is 5.69 Å². The molecule has 0 aliphatic carbocycles. The quantitative estimate of drug-likeness (QED) is 0.489. The molecule has 2 rings (SSSR count). The van der Waals surface area contributed by atoms with Gasteiger partial charge in [-0.15, -0.1) is 0 Å². The maximum absolute atomic E-state index is 10.9. The first-order chi connectivity index (χ1) is 9.10. The summed E-state index contributed by atoms with van der Waals surface area (Å²) in [4.78, 5) is 18.1. The number of ether oxygens (including phenoxy) is 1. The molecule has 3 N–H and O–H groups in total. The molecule has 98 valence electrons. The van der Waals surface area contributed by atoms with Crippen molar-refractivity contribution in [3.63, 3.8) is 0 Å². The van der Waals surface area contributed by atoms with Crippen LogP contribution in [-0.2, 0) is 0 Å². The molecule has 2 aromatic rings. The fourth-order valence-corrected chi connectivity index (χ4v) is 1.44. The number of anilines is 1. The number of benzene rings is 1. The Morgan fingerprint density at radius 2 is 2.21 bits per heavy atom. The van der Waals surface area contributed by atoms with E-state index in [4.69, 9.17) is 10.6 Å². The molecule has 0 aliphatic rings. The molecule has 0 fully saturated rings. The number of nitrogens with one attached hydrogen (secondary N) is 1. The van der Waals surface area contributed by atoms with Gasteiger partial charge in [0.1, 0.15) is 0 Å². The number of hydrogen-bond donors (Lipinski definition) is 2. The van der Waals surface area contributed by atoms with E-state index in [1.807, 2.05) is 6.92 Å². The van der Waals surface area contributed by atoms with Crippen LogP contribution in [0.4, 0.5) is 11.6 Å². The molecule has 0 saturated heterocycles. The number of rotatable bonds is 4. The molecule has 0 aliphatic heterocycles. The van der Waals surface area contributed by atoms with Crippen molar-refractivity contribution in [1.82, 2.24) is 9.97 Å². The summed E-state index contributed by atoms with van der Waals surface area (Å²) >= 11 is 0. The van der Waals surface area contributed by atoms with Crippen molar-refractivity contribution >= 4 is 11.6 Å². The summed E-state index contributed by atoms with van der Waals surface area (Å²) in [5.41, 5.74) is 2.97. The first-order valence-electron chi connectivity index (χ1n) is 5.32. The zero-order valence-corrected chi connectivity index (χ0v) is 10.0. The predicted octanol–water partition coefficient (Wildman–Crippen LogP) is 1.77. The van der Waals surface area contributed by atoms with E-state index >= 15 is 0 Å². The Balaban J connectivity index is 2.36. The highest BCUT2D eigenvalue weighted by molar-refractivity contribution is 5.49. The lowest BCUT2D eigenvalue weighted by molar-refractivity contribution is -0.385. The molecule has 19 heavy (non-hydrogen) atoms. The number of aryl methyl sites for hydroxylation is 1. The lowest BCUT2D eigenvalue weighted by atomic mass is 10.2. The number of aromatic nitrogens is 2. The van der Waals surface area contributed by atoms with Gasteiger partial charge in [0.25, 0.3) is 0 Å². The highest BCUT2D eigenvalue weighted by Gasteiger charge is 2.16. The van der Waals surface area contributed by atoms with Gasteiger partial charge in [-0.1, -0.05) is 6.07 Å². The zero-order valence-electron chi connectivity index (χ0n) is 10.0. The van der Waals surface area contributed by atoms with E-state index in [1.54, 1.807) is 12.1 Å². The van der Waals surface area contributed by atoms with Crippen LogP contribution in [0.2, 0.25) is 0 Å². The summed E-state index contributed by atoms with van der Waals surface area (Å²) in [6.07, 6.45) is 1.43. The highest BCUT2D eigenvalue weighted by atomic mass is 16.6. The number of nitro groups is 1. The van der Waals surface area contributed by atoms with E-state index in [2.05, 4.69) is 15.4 Å². The Hall–Kier alpha value is -2.74. The summed E-state index contributed by atoms with van der Waals surface area (Å²) in [6, 6.07) is 6.06. The molecule has 0 bridgehead atoms. The van der Waals surface area contributed by atoms with Crippen molar-refractivity contribution in [3.05, 3.63) is 46.1 Å². The molecule has 0 amide bonds. The molecule has 1 aromatic heterocycles. The van der Waals surface area contributed by atoms with E-state index in [0.29, 0.717) is 0 Å². The van der Waals surface area contributed by atoms with Crippen LogP contribution in [0.1, 0.15) is 5.56 Å². The fraction of sp³-hybridized carbons (Fsp3) is 0.0909. The van der Waals surface area contributed by atoms with Crippen LogP contribution in [0.3, 0.4) is 0 Å². The standard InChI is InChI=1S/C11H11N5O3/c1-7-2-3-8(16(17)18)9(6-7)19-10-4-5-13-11(14-10)15-12/h2-6H,12H2,1H3,(H,13,14,15). The van der Waals surface area contributed by atoms with E-state index in [-0.39, 0.29) is 23.3 Å². The molecule has 0 saturated carbocycles. The van der Waals surface area contributed by atoms with Crippen LogP contribution in [0.5, 0.6) is 11.6 Å². The first kappa shape index (κ1) is 12.7. The van der Waals surface area contributed by atoms with Crippen LogP contribution in [0.25, 0.3) is 0 Å². The average molecular weight is 261 g/mol. The van der Waals surface area contributed by atoms with Gasteiger partial charge in [-0.25, -0.2) is 10.8 Å². The SMILES string of the molecule is Cc1ccc([N+](=O)[O-])c(Oc2ccnc(NN)n2)c1. The van der Waals surface area contributed by atoms with E-state index in [1.165, 1.54) is 18.3 Å². The minimum absolute atomic E-state index is 0.117. The molecule has 1 heterocycles. The van der Waals surface area contributed by atoms with Gasteiger partial charge in [-0.2, -0.15) is 4.98 Å². The maximum atomic E-state index is 10.9. The number of nitrogens with zero attached hydrogens (tertiary/aromatic N) is 3. The van der Waals surface area contributed by atoms with Crippen LogP contribution < -0.4 is 16.0 Å².